The molecule has 0 radical (unpaired) electrons. The summed E-state index contributed by atoms with van der Waals surface area (Å²) in [5.41, 5.74) is 2.37. The molecule has 0 aliphatic heterocycles. The fourth-order valence-electron chi connectivity index (χ4n) is 4.75. The van der Waals surface area contributed by atoms with Crippen molar-refractivity contribution in [2.45, 2.75) is 50.9 Å². The lowest BCUT2D eigenvalue weighted by atomic mass is 9.95. The van der Waals surface area contributed by atoms with Gasteiger partial charge in [0.25, 0.3) is 5.91 Å². The Hall–Kier alpha value is -4.03. The van der Waals surface area contributed by atoms with Crippen molar-refractivity contribution in [2.75, 3.05) is 17.7 Å². The van der Waals surface area contributed by atoms with Gasteiger partial charge in [0.1, 0.15) is 10.8 Å². The summed E-state index contributed by atoms with van der Waals surface area (Å²) in [5.74, 6) is -1.38. The standard InChI is InChI=1S/C30H30FN5O4S2/c1-2-40-29(39)26-21-13-7-9-15-23(21)42-28(26)33-25(37)18-41-30-35-34-24(36(30)17-19-10-4-3-5-11-19)16-32-27(38)20-12-6-8-14-22(20)31/h3-6,8,10-12,14H,2,7,9,13,15-18H2,1H3,(H,32,38)(H,33,37). The zero-order valence-corrected chi connectivity index (χ0v) is 24.7. The maximum absolute atomic E-state index is 14.1. The van der Waals surface area contributed by atoms with Gasteiger partial charge >= 0.3 is 5.97 Å². The largest absolute Gasteiger partial charge is 0.462 e. The van der Waals surface area contributed by atoms with Gasteiger partial charge in [-0.15, -0.1) is 21.5 Å². The molecule has 9 nitrogen and oxygen atoms in total. The van der Waals surface area contributed by atoms with Crippen LogP contribution in [0.25, 0.3) is 0 Å². The normalized spacial score (nSPS) is 12.4. The number of thioether (sulfide) groups is 1. The van der Waals surface area contributed by atoms with Gasteiger partial charge in [-0.3, -0.25) is 9.59 Å². The Kier molecular flexibility index (Phi) is 9.65. The van der Waals surface area contributed by atoms with Crippen LogP contribution in [0.1, 0.15) is 62.3 Å². The van der Waals surface area contributed by atoms with Crippen LogP contribution in [-0.2, 0) is 35.5 Å². The number of rotatable bonds is 11. The number of anilines is 1. The number of fused-ring (bicyclic) bond motifs is 1. The molecule has 2 heterocycles. The van der Waals surface area contributed by atoms with Crippen molar-refractivity contribution in [1.29, 1.82) is 0 Å². The molecule has 2 N–H and O–H groups in total. The van der Waals surface area contributed by atoms with Gasteiger partial charge in [0.15, 0.2) is 11.0 Å². The zero-order valence-electron chi connectivity index (χ0n) is 23.0. The molecule has 0 bridgehead atoms. The number of halogens is 1. The maximum Gasteiger partial charge on any atom is 0.341 e. The number of amides is 2. The predicted octanol–water partition coefficient (Wildman–Crippen LogP) is 5.24. The van der Waals surface area contributed by atoms with Crippen LogP contribution in [0.4, 0.5) is 9.39 Å². The van der Waals surface area contributed by atoms with Gasteiger partial charge in [0.2, 0.25) is 5.91 Å². The lowest BCUT2D eigenvalue weighted by Crippen LogP contribution is -2.26. The number of esters is 1. The van der Waals surface area contributed by atoms with E-state index in [1.54, 1.807) is 13.0 Å². The SMILES string of the molecule is CCOC(=O)c1c(NC(=O)CSc2nnc(CNC(=O)c3ccccc3F)n2Cc2ccccc2)sc2c1CCCC2. The summed E-state index contributed by atoms with van der Waals surface area (Å²) in [7, 11) is 0. The molecule has 218 valence electrons. The fourth-order valence-corrected chi connectivity index (χ4v) is 6.80. The summed E-state index contributed by atoms with van der Waals surface area (Å²) < 4.78 is 21.2. The summed E-state index contributed by atoms with van der Waals surface area (Å²) in [6.07, 6.45) is 3.73. The summed E-state index contributed by atoms with van der Waals surface area (Å²) in [6, 6.07) is 15.4. The quantitative estimate of drug-likeness (QED) is 0.177. The van der Waals surface area contributed by atoms with Crippen LogP contribution >= 0.6 is 23.1 Å². The monoisotopic (exact) mass is 607 g/mol. The summed E-state index contributed by atoms with van der Waals surface area (Å²) in [6.45, 7) is 2.44. The highest BCUT2D eigenvalue weighted by molar-refractivity contribution is 7.99. The van der Waals surface area contributed by atoms with Gasteiger partial charge in [0, 0.05) is 4.88 Å². The zero-order chi connectivity index (χ0) is 29.5. The Morgan fingerprint density at radius 2 is 1.81 bits per heavy atom. The molecule has 0 spiro atoms. The Bertz CT molecular complexity index is 1590. The second kappa shape index (κ2) is 13.8. The minimum Gasteiger partial charge on any atom is -0.462 e. The van der Waals surface area contributed by atoms with Crippen LogP contribution in [-0.4, -0.2) is 44.9 Å². The number of aryl methyl sites for hydroxylation is 1. The van der Waals surface area contributed by atoms with Crippen molar-refractivity contribution in [3.8, 4) is 0 Å². The summed E-state index contributed by atoms with van der Waals surface area (Å²) in [4.78, 5) is 39.6. The van der Waals surface area contributed by atoms with E-state index in [-0.39, 0.29) is 30.4 Å². The van der Waals surface area contributed by atoms with E-state index in [0.717, 1.165) is 41.7 Å². The van der Waals surface area contributed by atoms with E-state index in [4.69, 9.17) is 4.74 Å². The molecule has 4 aromatic rings. The van der Waals surface area contributed by atoms with Gasteiger partial charge < -0.3 is 19.9 Å². The smallest absolute Gasteiger partial charge is 0.341 e. The molecule has 2 amide bonds. The van der Waals surface area contributed by atoms with Crippen molar-refractivity contribution < 1.29 is 23.5 Å². The van der Waals surface area contributed by atoms with E-state index in [9.17, 15) is 18.8 Å². The van der Waals surface area contributed by atoms with E-state index in [2.05, 4.69) is 20.8 Å². The van der Waals surface area contributed by atoms with Crippen LogP contribution in [0.15, 0.2) is 59.8 Å². The maximum atomic E-state index is 14.1. The number of nitrogens with one attached hydrogen (secondary N) is 2. The number of thiophene rings is 1. The van der Waals surface area contributed by atoms with E-state index in [0.29, 0.717) is 28.1 Å². The first-order chi connectivity index (χ1) is 20.4. The average Bonchev–Trinajstić information content (AvgIpc) is 3.55. The molecular weight excluding hydrogens is 577 g/mol. The Morgan fingerprint density at radius 1 is 1.05 bits per heavy atom. The third-order valence-corrected chi connectivity index (χ3v) is 8.91. The first-order valence-electron chi connectivity index (χ1n) is 13.7. The first kappa shape index (κ1) is 29.5. The minimum atomic E-state index is -0.610. The fraction of sp³-hybridized carbons (Fsp3) is 0.300. The van der Waals surface area contributed by atoms with Gasteiger partial charge in [-0.25, -0.2) is 9.18 Å². The molecule has 2 aromatic heterocycles. The molecular formula is C30H30FN5O4S2. The number of benzene rings is 2. The highest BCUT2D eigenvalue weighted by atomic mass is 32.2. The highest BCUT2D eigenvalue weighted by Gasteiger charge is 2.27. The lowest BCUT2D eigenvalue weighted by molar-refractivity contribution is -0.113. The van der Waals surface area contributed by atoms with Crippen molar-refractivity contribution in [3.05, 3.63) is 93.4 Å². The number of ether oxygens (including phenoxy) is 1. The second-order valence-electron chi connectivity index (χ2n) is 9.61. The number of nitrogens with zero attached hydrogens (tertiary/aromatic N) is 3. The number of carbonyl (C=O) groups is 3. The second-order valence-corrected chi connectivity index (χ2v) is 11.7. The highest BCUT2D eigenvalue weighted by Crippen LogP contribution is 2.38. The van der Waals surface area contributed by atoms with Crippen molar-refractivity contribution >= 4 is 45.9 Å². The minimum absolute atomic E-state index is 0.0173. The topological polar surface area (TPSA) is 115 Å². The molecule has 0 saturated heterocycles. The Labute approximate surface area is 250 Å². The molecule has 2 aromatic carbocycles. The van der Waals surface area contributed by atoms with Crippen molar-refractivity contribution in [3.63, 3.8) is 0 Å². The number of carbonyl (C=O) groups excluding carboxylic acids is 3. The van der Waals surface area contributed by atoms with Crippen LogP contribution in [0.2, 0.25) is 0 Å². The third kappa shape index (κ3) is 6.88. The van der Waals surface area contributed by atoms with Gasteiger partial charge in [-0.05, 0) is 55.9 Å². The van der Waals surface area contributed by atoms with Gasteiger partial charge in [-0.1, -0.05) is 54.2 Å². The lowest BCUT2D eigenvalue weighted by Gasteiger charge is -2.12. The summed E-state index contributed by atoms with van der Waals surface area (Å²) in [5, 5.41) is 15.2. The molecule has 0 saturated carbocycles. The average molecular weight is 608 g/mol. The van der Waals surface area contributed by atoms with E-state index < -0.39 is 17.7 Å². The van der Waals surface area contributed by atoms with Crippen LogP contribution < -0.4 is 10.6 Å². The molecule has 0 fully saturated rings. The van der Waals surface area contributed by atoms with E-state index >= 15 is 0 Å². The molecule has 0 atom stereocenters. The van der Waals surface area contributed by atoms with Crippen LogP contribution in [0.5, 0.6) is 0 Å². The molecule has 1 aliphatic rings. The molecule has 5 rings (SSSR count). The van der Waals surface area contributed by atoms with Crippen LogP contribution in [0, 0.1) is 5.82 Å². The predicted molar refractivity (Wildman–Crippen MR) is 159 cm³/mol. The van der Waals surface area contributed by atoms with Crippen molar-refractivity contribution in [2.24, 2.45) is 0 Å². The Morgan fingerprint density at radius 3 is 2.60 bits per heavy atom. The van der Waals surface area contributed by atoms with Crippen molar-refractivity contribution in [1.82, 2.24) is 20.1 Å². The molecule has 42 heavy (non-hydrogen) atoms. The van der Waals surface area contributed by atoms with Gasteiger partial charge in [-0.2, -0.15) is 0 Å². The molecule has 12 heteroatoms. The van der Waals surface area contributed by atoms with Gasteiger partial charge in [0.05, 0.1) is 36.6 Å². The van der Waals surface area contributed by atoms with E-state index in [1.165, 1.54) is 41.3 Å². The summed E-state index contributed by atoms with van der Waals surface area (Å²) >= 11 is 2.64. The third-order valence-electron chi connectivity index (χ3n) is 6.74. The number of hydrogen-bond acceptors (Lipinski definition) is 8. The number of hydrogen-bond donors (Lipinski definition) is 2. The molecule has 1 aliphatic carbocycles. The number of aromatic nitrogens is 3. The molecule has 0 unspecified atom stereocenters. The Balaban J connectivity index is 1.30. The first-order valence-corrected chi connectivity index (χ1v) is 15.5. The van der Waals surface area contributed by atoms with Crippen LogP contribution in [0.3, 0.4) is 0 Å². The van der Waals surface area contributed by atoms with E-state index in [1.807, 2.05) is 34.9 Å².